The summed E-state index contributed by atoms with van der Waals surface area (Å²) in [6, 6.07) is 5.40. The van der Waals surface area contributed by atoms with E-state index in [1.165, 1.54) is 37.1 Å². The van der Waals surface area contributed by atoms with Gasteiger partial charge >= 0.3 is 0 Å². The molecule has 1 atom stereocenters. The number of hydrogen-bond donors (Lipinski definition) is 2. The second-order valence-corrected chi connectivity index (χ2v) is 8.01. The van der Waals surface area contributed by atoms with Gasteiger partial charge in [-0.3, -0.25) is 9.59 Å². The highest BCUT2D eigenvalue weighted by Gasteiger charge is 2.18. The van der Waals surface area contributed by atoms with Gasteiger partial charge in [0.15, 0.2) is 0 Å². The Hall–Kier alpha value is -2.39. The van der Waals surface area contributed by atoms with E-state index in [0.29, 0.717) is 12.2 Å². The zero-order valence-corrected chi connectivity index (χ0v) is 16.6. The van der Waals surface area contributed by atoms with Gasteiger partial charge in [0, 0.05) is 18.8 Å². The van der Waals surface area contributed by atoms with Crippen LogP contribution in [0.2, 0.25) is 0 Å². The molecule has 2 amide bonds. The lowest BCUT2D eigenvalue weighted by Crippen LogP contribution is -2.36. The average Bonchev–Trinajstić information content (AvgIpc) is 3.17. The van der Waals surface area contributed by atoms with Gasteiger partial charge in [0.2, 0.25) is 10.0 Å². The van der Waals surface area contributed by atoms with Gasteiger partial charge < -0.3 is 15.5 Å². The molecule has 0 saturated carbocycles. The summed E-state index contributed by atoms with van der Waals surface area (Å²) in [4.78, 5) is 26.8. The maximum atomic E-state index is 12.9. The quantitative estimate of drug-likeness (QED) is 0.692. The normalized spacial score (nSPS) is 17.3. The van der Waals surface area contributed by atoms with Crippen LogP contribution in [0.3, 0.4) is 0 Å². The number of nitrogens with zero attached hydrogens (tertiary/aromatic N) is 3. The second-order valence-electron chi connectivity index (χ2n) is 7.03. The number of carbonyl (C=O) groups is 2. The molecular formula is C19H24FN5O2S. The summed E-state index contributed by atoms with van der Waals surface area (Å²) >= 11 is 0.927. The average molecular weight is 405 g/mol. The molecule has 0 bridgehead atoms. The Morgan fingerprint density at radius 2 is 1.93 bits per heavy atom. The number of piperidine rings is 1. The monoisotopic (exact) mass is 405 g/mol. The Morgan fingerprint density at radius 3 is 2.64 bits per heavy atom. The minimum absolute atomic E-state index is 0.0804. The number of likely N-dealkylation sites (tertiary alicyclic amines) is 1. The van der Waals surface area contributed by atoms with E-state index in [4.69, 9.17) is 0 Å². The minimum Gasteiger partial charge on any atom is -0.350 e. The molecule has 1 saturated heterocycles. The first-order valence-electron chi connectivity index (χ1n) is 9.42. The number of amides is 2. The topological polar surface area (TPSA) is 87.2 Å². The third kappa shape index (κ3) is 5.80. The molecule has 1 aromatic carbocycles. The lowest BCUT2D eigenvalue weighted by atomic mass is 10.0. The van der Waals surface area contributed by atoms with Gasteiger partial charge in [-0.05, 0) is 62.5 Å². The highest BCUT2D eigenvalue weighted by molar-refractivity contribution is 7.15. The van der Waals surface area contributed by atoms with E-state index in [9.17, 15) is 14.0 Å². The maximum Gasteiger partial charge on any atom is 0.286 e. The van der Waals surface area contributed by atoms with Gasteiger partial charge in [0.05, 0.1) is 0 Å². The van der Waals surface area contributed by atoms with Crippen LogP contribution in [0.15, 0.2) is 24.3 Å². The van der Waals surface area contributed by atoms with Crippen LogP contribution in [0.1, 0.15) is 45.8 Å². The molecule has 0 radical (unpaired) electrons. The lowest BCUT2D eigenvalue weighted by Gasteiger charge is -2.30. The van der Waals surface area contributed by atoms with Crippen molar-refractivity contribution in [2.45, 2.75) is 26.2 Å². The molecule has 3 rings (SSSR count). The molecule has 2 aromatic rings. The first-order valence-corrected chi connectivity index (χ1v) is 10.2. The van der Waals surface area contributed by atoms with E-state index in [-0.39, 0.29) is 21.7 Å². The van der Waals surface area contributed by atoms with Crippen molar-refractivity contribution in [3.63, 3.8) is 0 Å². The van der Waals surface area contributed by atoms with Gasteiger partial charge in [-0.2, -0.15) is 0 Å². The van der Waals surface area contributed by atoms with Gasteiger partial charge in [-0.1, -0.05) is 18.3 Å². The lowest BCUT2D eigenvalue weighted by molar-refractivity contribution is 0.0947. The van der Waals surface area contributed by atoms with Crippen molar-refractivity contribution in [2.24, 2.45) is 5.92 Å². The Kier molecular flexibility index (Phi) is 7.05. The number of halogens is 1. The first-order chi connectivity index (χ1) is 13.5. The molecule has 2 N–H and O–H groups in total. The van der Waals surface area contributed by atoms with E-state index < -0.39 is 5.91 Å². The zero-order valence-electron chi connectivity index (χ0n) is 15.8. The number of rotatable bonds is 7. The van der Waals surface area contributed by atoms with Crippen LogP contribution in [0.4, 0.5) is 10.1 Å². The van der Waals surface area contributed by atoms with Crippen LogP contribution in [-0.2, 0) is 0 Å². The van der Waals surface area contributed by atoms with Crippen molar-refractivity contribution in [3.05, 3.63) is 40.1 Å². The third-order valence-corrected chi connectivity index (χ3v) is 5.51. The smallest absolute Gasteiger partial charge is 0.286 e. The minimum atomic E-state index is -0.484. The molecule has 9 heteroatoms. The Balaban J connectivity index is 1.43. The molecule has 2 heterocycles. The van der Waals surface area contributed by atoms with E-state index >= 15 is 0 Å². The standard InChI is InChI=1S/C19H24FN5O2S/c1-13-4-2-10-25(12-13)11-3-9-21-16(26)18-23-24-19(28-18)17(27)22-15-7-5-14(20)6-8-15/h5-8,13H,2-4,9-12H2,1H3,(H,21,26)(H,22,27). The highest BCUT2D eigenvalue weighted by atomic mass is 32.1. The molecule has 0 spiro atoms. The number of aromatic nitrogens is 2. The first kappa shape index (κ1) is 20.3. The van der Waals surface area contributed by atoms with E-state index in [1.807, 2.05) is 0 Å². The number of carbonyl (C=O) groups excluding carboxylic acids is 2. The molecule has 0 aliphatic carbocycles. The molecular weight excluding hydrogens is 381 g/mol. The predicted octanol–water partition coefficient (Wildman–Crippen LogP) is 2.78. The fourth-order valence-electron chi connectivity index (χ4n) is 3.19. The summed E-state index contributed by atoms with van der Waals surface area (Å²) in [5.74, 6) is -0.459. The van der Waals surface area contributed by atoms with Gasteiger partial charge in [0.1, 0.15) is 5.82 Å². The summed E-state index contributed by atoms with van der Waals surface area (Å²) < 4.78 is 12.9. The Bertz CT molecular complexity index is 811. The van der Waals surface area contributed by atoms with E-state index in [1.54, 1.807) is 0 Å². The van der Waals surface area contributed by atoms with Gasteiger partial charge in [-0.15, -0.1) is 10.2 Å². The van der Waals surface area contributed by atoms with Gasteiger partial charge in [0.25, 0.3) is 11.8 Å². The SMILES string of the molecule is CC1CCCN(CCCNC(=O)c2nnc(C(=O)Nc3ccc(F)cc3)s2)C1. The molecule has 1 unspecified atom stereocenters. The van der Waals surface area contributed by atoms with Crippen LogP contribution < -0.4 is 10.6 Å². The van der Waals surface area contributed by atoms with Crippen LogP contribution in [0.25, 0.3) is 0 Å². The van der Waals surface area contributed by atoms with E-state index in [2.05, 4.69) is 32.7 Å². The Labute approximate surface area is 167 Å². The molecule has 1 aliphatic rings. The summed E-state index contributed by atoms with van der Waals surface area (Å²) in [5, 5.41) is 13.2. The summed E-state index contributed by atoms with van der Waals surface area (Å²) in [6.45, 7) is 6.04. The van der Waals surface area contributed by atoms with Crippen molar-refractivity contribution in [1.82, 2.24) is 20.4 Å². The van der Waals surface area contributed by atoms with Crippen LogP contribution in [-0.4, -0.2) is 53.1 Å². The van der Waals surface area contributed by atoms with Crippen molar-refractivity contribution >= 4 is 28.8 Å². The van der Waals surface area contributed by atoms with Crippen molar-refractivity contribution in [1.29, 1.82) is 0 Å². The zero-order chi connectivity index (χ0) is 19.9. The largest absolute Gasteiger partial charge is 0.350 e. The van der Waals surface area contributed by atoms with Crippen molar-refractivity contribution in [2.75, 3.05) is 31.5 Å². The van der Waals surface area contributed by atoms with Crippen LogP contribution in [0, 0.1) is 11.7 Å². The summed E-state index contributed by atoms with van der Waals surface area (Å²) in [5.41, 5.74) is 0.444. The maximum absolute atomic E-state index is 12.9. The van der Waals surface area contributed by atoms with Crippen LogP contribution >= 0.6 is 11.3 Å². The fourth-order valence-corrected chi connectivity index (χ4v) is 3.85. The molecule has 1 fully saturated rings. The third-order valence-electron chi connectivity index (χ3n) is 4.59. The summed E-state index contributed by atoms with van der Waals surface area (Å²) in [7, 11) is 0. The molecule has 150 valence electrons. The molecule has 28 heavy (non-hydrogen) atoms. The number of hydrogen-bond acceptors (Lipinski definition) is 6. The van der Waals surface area contributed by atoms with Crippen LogP contribution in [0.5, 0.6) is 0 Å². The molecule has 7 nitrogen and oxygen atoms in total. The number of nitrogens with one attached hydrogen (secondary N) is 2. The predicted molar refractivity (Wildman–Crippen MR) is 106 cm³/mol. The number of anilines is 1. The van der Waals surface area contributed by atoms with Crippen molar-refractivity contribution in [3.8, 4) is 0 Å². The van der Waals surface area contributed by atoms with Gasteiger partial charge in [-0.25, -0.2) is 4.39 Å². The fraction of sp³-hybridized carbons (Fsp3) is 0.474. The summed E-state index contributed by atoms with van der Waals surface area (Å²) in [6.07, 6.45) is 3.40. The molecule has 1 aromatic heterocycles. The van der Waals surface area contributed by atoms with E-state index in [0.717, 1.165) is 43.3 Å². The van der Waals surface area contributed by atoms with Crippen molar-refractivity contribution < 1.29 is 14.0 Å². The highest BCUT2D eigenvalue weighted by Crippen LogP contribution is 2.16. The number of benzene rings is 1. The molecule has 1 aliphatic heterocycles. The Morgan fingerprint density at radius 1 is 1.21 bits per heavy atom. The second kappa shape index (κ2) is 9.70.